The van der Waals surface area contributed by atoms with Crippen LogP contribution >= 0.6 is 0 Å². The van der Waals surface area contributed by atoms with Gasteiger partial charge in [0.2, 0.25) is 17.7 Å². The molecule has 1 fully saturated rings. The maximum absolute atomic E-state index is 13.4. The number of fused-ring (bicyclic) bond motifs is 1. The van der Waals surface area contributed by atoms with Crippen LogP contribution in [0.2, 0.25) is 0 Å². The number of hydrogen-bond acceptors (Lipinski definition) is 8. The van der Waals surface area contributed by atoms with E-state index in [4.69, 9.17) is 15.2 Å². The number of amides is 4. The zero-order valence-electron chi connectivity index (χ0n) is 25.0. The van der Waals surface area contributed by atoms with E-state index in [1.807, 2.05) is 42.5 Å². The Hall–Kier alpha value is -4.19. The van der Waals surface area contributed by atoms with Gasteiger partial charge in [-0.05, 0) is 50.5 Å². The van der Waals surface area contributed by atoms with Gasteiger partial charge in [-0.2, -0.15) is 0 Å². The summed E-state index contributed by atoms with van der Waals surface area (Å²) in [5, 5.41) is 7.30. The number of nitrogens with one attached hydrogen (secondary N) is 2. The molecule has 2 aromatic rings. The maximum Gasteiger partial charge on any atom is 0.410 e. The van der Waals surface area contributed by atoms with Gasteiger partial charge in [-0.3, -0.25) is 19.3 Å². The molecule has 0 aliphatic carbocycles. The van der Waals surface area contributed by atoms with E-state index in [1.54, 1.807) is 20.8 Å². The minimum atomic E-state index is -0.985. The van der Waals surface area contributed by atoms with Crippen LogP contribution in [0.5, 0.6) is 0 Å². The minimum Gasteiger partial charge on any atom is -0.467 e. The van der Waals surface area contributed by atoms with Crippen LogP contribution in [0.15, 0.2) is 42.5 Å². The van der Waals surface area contributed by atoms with Gasteiger partial charge >= 0.3 is 12.1 Å². The van der Waals surface area contributed by atoms with Gasteiger partial charge in [0.05, 0.1) is 13.7 Å². The standard InChI is InChI=1S/C30H41N5O7/c1-18(34(5)29(40)42-30(2,3)4)26(37)32-16-25(36)35-17-22(31)15-24(35)27(38)33-23(28(39)41-6)14-19-11-12-20-9-7-8-10-21(20)13-19/h7-13,18,22-24H,14-17,31H2,1-6H3,(H,32,37)(H,33,38)/t18-,22-,23-,24-/m0/s1. The number of methoxy groups -OCH3 is 1. The van der Waals surface area contributed by atoms with Crippen molar-refractivity contribution < 1.29 is 33.4 Å². The molecule has 3 rings (SSSR count). The summed E-state index contributed by atoms with van der Waals surface area (Å²) >= 11 is 0. The highest BCUT2D eigenvalue weighted by Gasteiger charge is 2.39. The summed E-state index contributed by atoms with van der Waals surface area (Å²) in [7, 11) is 2.67. The number of esters is 1. The zero-order valence-corrected chi connectivity index (χ0v) is 25.0. The Labute approximate surface area is 245 Å². The smallest absolute Gasteiger partial charge is 0.410 e. The molecule has 1 saturated heterocycles. The lowest BCUT2D eigenvalue weighted by atomic mass is 10.0. The molecular weight excluding hydrogens is 542 g/mol. The van der Waals surface area contributed by atoms with E-state index in [1.165, 1.54) is 26.0 Å². The number of hydrogen-bond donors (Lipinski definition) is 3. The van der Waals surface area contributed by atoms with E-state index in [2.05, 4.69) is 10.6 Å². The van der Waals surface area contributed by atoms with Crippen LogP contribution in [0.3, 0.4) is 0 Å². The maximum atomic E-state index is 13.4. The Bertz CT molecular complexity index is 1320. The molecule has 0 radical (unpaired) electrons. The summed E-state index contributed by atoms with van der Waals surface area (Å²) in [4.78, 5) is 66.5. The number of carbonyl (C=O) groups is 5. The van der Waals surface area contributed by atoms with Gasteiger partial charge in [-0.25, -0.2) is 9.59 Å². The molecular formula is C30H41N5O7. The molecule has 1 aliphatic rings. The minimum absolute atomic E-state index is 0.105. The third-order valence-corrected chi connectivity index (χ3v) is 7.07. The van der Waals surface area contributed by atoms with Crippen molar-refractivity contribution in [1.82, 2.24) is 20.4 Å². The number of carbonyl (C=O) groups excluding carboxylic acids is 5. The first-order valence-corrected chi connectivity index (χ1v) is 13.8. The van der Waals surface area contributed by atoms with Gasteiger partial charge in [0.15, 0.2) is 0 Å². The fourth-order valence-electron chi connectivity index (χ4n) is 4.68. The van der Waals surface area contributed by atoms with Crippen LogP contribution in [0.25, 0.3) is 10.8 Å². The van der Waals surface area contributed by atoms with Crippen molar-refractivity contribution >= 4 is 40.6 Å². The summed E-state index contributed by atoms with van der Waals surface area (Å²) in [6, 6.07) is 10.3. The van der Waals surface area contributed by atoms with Gasteiger partial charge in [0.1, 0.15) is 23.7 Å². The predicted molar refractivity (Wildman–Crippen MR) is 156 cm³/mol. The van der Waals surface area contributed by atoms with Crippen molar-refractivity contribution in [3.63, 3.8) is 0 Å². The van der Waals surface area contributed by atoms with E-state index < -0.39 is 66.1 Å². The van der Waals surface area contributed by atoms with Crippen molar-refractivity contribution in [2.75, 3.05) is 27.2 Å². The number of nitrogens with zero attached hydrogens (tertiary/aromatic N) is 2. The van der Waals surface area contributed by atoms with Crippen LogP contribution < -0.4 is 16.4 Å². The SMILES string of the molecule is COC(=O)[C@H](Cc1ccc2ccccc2c1)NC(=O)[C@@H]1C[C@H](N)CN1C(=O)CNC(=O)[C@H](C)N(C)C(=O)OC(C)(C)C. The van der Waals surface area contributed by atoms with Gasteiger partial charge in [-0.15, -0.1) is 0 Å². The molecule has 1 aliphatic heterocycles. The lowest BCUT2D eigenvalue weighted by Crippen LogP contribution is -2.54. The summed E-state index contributed by atoms with van der Waals surface area (Å²) in [5.41, 5.74) is 6.20. The van der Waals surface area contributed by atoms with Crippen LogP contribution in [0, 0.1) is 0 Å². The monoisotopic (exact) mass is 583 g/mol. The molecule has 0 aromatic heterocycles. The highest BCUT2D eigenvalue weighted by Crippen LogP contribution is 2.20. The lowest BCUT2D eigenvalue weighted by Gasteiger charge is -2.28. The molecule has 0 spiro atoms. The lowest BCUT2D eigenvalue weighted by molar-refractivity contribution is -0.146. The third kappa shape index (κ3) is 8.41. The summed E-state index contributed by atoms with van der Waals surface area (Å²) < 4.78 is 10.2. The van der Waals surface area contributed by atoms with E-state index in [-0.39, 0.29) is 19.4 Å². The summed E-state index contributed by atoms with van der Waals surface area (Å²) in [5.74, 6) is -2.25. The van der Waals surface area contributed by atoms with Crippen molar-refractivity contribution in [1.29, 1.82) is 0 Å². The molecule has 0 bridgehead atoms. The topological polar surface area (TPSA) is 160 Å². The van der Waals surface area contributed by atoms with Gasteiger partial charge in [-0.1, -0.05) is 42.5 Å². The van der Waals surface area contributed by atoms with Crippen molar-refractivity contribution in [3.05, 3.63) is 48.0 Å². The first kappa shape index (κ1) is 32.3. The Balaban J connectivity index is 1.63. The second-order valence-electron chi connectivity index (χ2n) is 11.5. The predicted octanol–water partition coefficient (Wildman–Crippen LogP) is 1.34. The van der Waals surface area contributed by atoms with Crippen molar-refractivity contribution in [2.45, 2.75) is 70.3 Å². The first-order chi connectivity index (χ1) is 19.7. The van der Waals surface area contributed by atoms with Crippen LogP contribution in [-0.2, 0) is 35.1 Å². The Morgan fingerprint density at radius 3 is 2.40 bits per heavy atom. The molecule has 228 valence electrons. The molecule has 1 heterocycles. The summed E-state index contributed by atoms with van der Waals surface area (Å²) in [6.07, 6.45) is -0.301. The molecule has 2 aromatic carbocycles. The average Bonchev–Trinajstić information content (AvgIpc) is 3.34. The Morgan fingerprint density at radius 2 is 1.76 bits per heavy atom. The summed E-state index contributed by atoms with van der Waals surface area (Å²) in [6.45, 7) is 6.35. The van der Waals surface area contributed by atoms with Crippen LogP contribution in [0.1, 0.15) is 39.7 Å². The van der Waals surface area contributed by atoms with Gasteiger partial charge in [0, 0.05) is 26.1 Å². The molecule has 42 heavy (non-hydrogen) atoms. The normalized spacial score (nSPS) is 18.1. The fourth-order valence-corrected chi connectivity index (χ4v) is 4.68. The van der Waals surface area contributed by atoms with Crippen molar-refractivity contribution in [2.24, 2.45) is 5.73 Å². The molecule has 4 atom stereocenters. The fraction of sp³-hybridized carbons (Fsp3) is 0.500. The first-order valence-electron chi connectivity index (χ1n) is 13.8. The van der Waals surface area contributed by atoms with E-state index in [0.717, 1.165) is 21.2 Å². The highest BCUT2D eigenvalue weighted by molar-refractivity contribution is 5.94. The quantitative estimate of drug-likeness (QED) is 0.373. The molecule has 12 nitrogen and oxygen atoms in total. The zero-order chi connectivity index (χ0) is 31.2. The van der Waals surface area contributed by atoms with E-state index in [0.29, 0.717) is 0 Å². The Morgan fingerprint density at radius 1 is 1.10 bits per heavy atom. The van der Waals surface area contributed by atoms with Gasteiger partial charge < -0.3 is 30.7 Å². The third-order valence-electron chi connectivity index (χ3n) is 7.07. The van der Waals surface area contributed by atoms with Gasteiger partial charge in [0.25, 0.3) is 0 Å². The number of rotatable bonds is 9. The number of nitrogens with two attached hydrogens (primary N) is 1. The number of ether oxygens (including phenoxy) is 2. The molecule has 0 unspecified atom stereocenters. The number of likely N-dealkylation sites (N-methyl/N-ethyl adjacent to an activating group) is 1. The molecule has 12 heteroatoms. The van der Waals surface area contributed by atoms with Crippen molar-refractivity contribution in [3.8, 4) is 0 Å². The van der Waals surface area contributed by atoms with Crippen LogP contribution in [0.4, 0.5) is 4.79 Å². The van der Waals surface area contributed by atoms with E-state index in [9.17, 15) is 24.0 Å². The molecule has 0 saturated carbocycles. The number of likely N-dealkylation sites (tertiary alicyclic amines) is 1. The Kier molecular flexibility index (Phi) is 10.5. The highest BCUT2D eigenvalue weighted by atomic mass is 16.6. The number of benzene rings is 2. The van der Waals surface area contributed by atoms with Crippen LogP contribution in [-0.4, -0.2) is 96.6 Å². The second-order valence-corrected chi connectivity index (χ2v) is 11.5. The average molecular weight is 584 g/mol. The molecule has 4 amide bonds. The van der Waals surface area contributed by atoms with E-state index >= 15 is 0 Å². The largest absolute Gasteiger partial charge is 0.467 e. The molecule has 4 N–H and O–H groups in total. The second kappa shape index (κ2) is 13.6.